The highest BCUT2D eigenvalue weighted by Gasteiger charge is 2.07. The fourth-order valence-corrected chi connectivity index (χ4v) is 2.32. The molecule has 0 bridgehead atoms. The summed E-state index contributed by atoms with van der Waals surface area (Å²) >= 11 is 0. The Kier molecular flexibility index (Phi) is 8.42. The van der Waals surface area contributed by atoms with Crippen LogP contribution in [0.2, 0.25) is 0 Å². The maximum atomic E-state index is 12.1. The highest BCUT2D eigenvalue weighted by molar-refractivity contribution is 5.73. The second-order valence-corrected chi connectivity index (χ2v) is 6.70. The molecule has 0 unspecified atom stereocenters. The van der Waals surface area contributed by atoms with Crippen LogP contribution in [0.5, 0.6) is 11.6 Å². The number of benzene rings is 1. The van der Waals surface area contributed by atoms with Gasteiger partial charge in [-0.25, -0.2) is 9.78 Å². The predicted molar refractivity (Wildman–Crippen MR) is 106 cm³/mol. The fraction of sp³-hybridized carbons (Fsp3) is 0.429. The van der Waals surface area contributed by atoms with Crippen molar-refractivity contribution < 1.29 is 14.3 Å². The third-order valence-electron chi connectivity index (χ3n) is 3.67. The van der Waals surface area contributed by atoms with Crippen molar-refractivity contribution in [3.05, 3.63) is 53.7 Å². The summed E-state index contributed by atoms with van der Waals surface area (Å²) in [5, 5.41) is 5.70. The van der Waals surface area contributed by atoms with Crippen LogP contribution in [0.15, 0.2) is 42.6 Å². The van der Waals surface area contributed by atoms with E-state index in [0.29, 0.717) is 38.1 Å². The minimum absolute atomic E-state index is 0.242. The second kappa shape index (κ2) is 11.1. The normalized spacial score (nSPS) is 10.5. The summed E-state index contributed by atoms with van der Waals surface area (Å²) in [4.78, 5) is 16.3. The first-order chi connectivity index (χ1) is 13.1. The van der Waals surface area contributed by atoms with Crippen molar-refractivity contribution in [2.75, 3.05) is 13.2 Å². The Bertz CT molecular complexity index is 719. The van der Waals surface area contributed by atoms with Gasteiger partial charge in [-0.2, -0.15) is 0 Å². The van der Waals surface area contributed by atoms with Crippen LogP contribution in [0, 0.1) is 5.92 Å². The summed E-state index contributed by atoms with van der Waals surface area (Å²) in [7, 11) is 0. The Morgan fingerprint density at radius 1 is 1.11 bits per heavy atom. The molecule has 0 aliphatic carbocycles. The third kappa shape index (κ3) is 7.56. The number of aromatic nitrogens is 1. The Morgan fingerprint density at radius 2 is 1.93 bits per heavy atom. The minimum atomic E-state index is -0.242. The quantitative estimate of drug-likeness (QED) is 0.664. The molecule has 146 valence electrons. The first-order valence-electron chi connectivity index (χ1n) is 9.38. The summed E-state index contributed by atoms with van der Waals surface area (Å²) in [5.41, 5.74) is 1.84. The zero-order valence-corrected chi connectivity index (χ0v) is 16.3. The second-order valence-electron chi connectivity index (χ2n) is 6.70. The van der Waals surface area contributed by atoms with Gasteiger partial charge >= 0.3 is 6.03 Å². The van der Waals surface area contributed by atoms with Gasteiger partial charge in [0.25, 0.3) is 0 Å². The highest BCUT2D eigenvalue weighted by atomic mass is 16.5. The molecule has 27 heavy (non-hydrogen) atoms. The molecule has 2 amide bonds. The zero-order valence-electron chi connectivity index (χ0n) is 16.3. The molecule has 0 fully saturated rings. The molecule has 2 aromatic rings. The van der Waals surface area contributed by atoms with Crippen LogP contribution in [0.3, 0.4) is 0 Å². The smallest absolute Gasteiger partial charge is 0.315 e. The molecule has 0 aliphatic rings. The lowest BCUT2D eigenvalue weighted by molar-refractivity contribution is 0.239. The number of urea groups is 1. The molecule has 2 N–H and O–H groups in total. The molecule has 2 rings (SSSR count). The standard InChI is InChI=1S/C21H29N3O3/c1-4-11-26-20-18(8-6-10-22-20)14-24-21(25)23-13-17-7-5-9-19(12-17)27-15-16(2)3/h5-10,12,16H,4,11,13-15H2,1-3H3,(H2,23,24,25). The lowest BCUT2D eigenvalue weighted by atomic mass is 10.2. The number of pyridine rings is 1. The van der Waals surface area contributed by atoms with Gasteiger partial charge in [0.15, 0.2) is 0 Å². The molecule has 6 nitrogen and oxygen atoms in total. The first-order valence-corrected chi connectivity index (χ1v) is 9.38. The van der Waals surface area contributed by atoms with Gasteiger partial charge in [-0.3, -0.25) is 0 Å². The van der Waals surface area contributed by atoms with E-state index in [4.69, 9.17) is 9.47 Å². The Labute approximate surface area is 161 Å². The largest absolute Gasteiger partial charge is 0.493 e. The summed E-state index contributed by atoms with van der Waals surface area (Å²) in [6, 6.07) is 11.2. The van der Waals surface area contributed by atoms with Crippen molar-refractivity contribution in [2.45, 2.75) is 40.3 Å². The van der Waals surface area contributed by atoms with Crippen molar-refractivity contribution in [1.82, 2.24) is 15.6 Å². The number of carbonyl (C=O) groups excluding carboxylic acids is 1. The van der Waals surface area contributed by atoms with Gasteiger partial charge in [-0.05, 0) is 36.1 Å². The minimum Gasteiger partial charge on any atom is -0.493 e. The topological polar surface area (TPSA) is 72.5 Å². The lowest BCUT2D eigenvalue weighted by Crippen LogP contribution is -2.34. The van der Waals surface area contributed by atoms with Crippen molar-refractivity contribution in [3.63, 3.8) is 0 Å². The average Bonchev–Trinajstić information content (AvgIpc) is 2.68. The van der Waals surface area contributed by atoms with Crippen molar-refractivity contribution in [1.29, 1.82) is 0 Å². The molecule has 0 radical (unpaired) electrons. The molecular formula is C21H29N3O3. The van der Waals surface area contributed by atoms with E-state index in [-0.39, 0.29) is 6.03 Å². The van der Waals surface area contributed by atoms with Gasteiger partial charge in [0, 0.05) is 24.8 Å². The summed E-state index contributed by atoms with van der Waals surface area (Å²) in [5.74, 6) is 1.85. The van der Waals surface area contributed by atoms with Crippen molar-refractivity contribution >= 4 is 6.03 Å². The SMILES string of the molecule is CCCOc1ncccc1CNC(=O)NCc1cccc(OCC(C)C)c1. The van der Waals surface area contributed by atoms with Gasteiger partial charge in [-0.1, -0.05) is 39.0 Å². The van der Waals surface area contributed by atoms with Gasteiger partial charge in [0.2, 0.25) is 5.88 Å². The van der Waals surface area contributed by atoms with Crippen LogP contribution >= 0.6 is 0 Å². The predicted octanol–water partition coefficient (Wildman–Crippen LogP) is 3.90. The molecule has 1 aromatic heterocycles. The number of carbonyl (C=O) groups is 1. The number of hydrogen-bond acceptors (Lipinski definition) is 4. The van der Waals surface area contributed by atoms with E-state index < -0.39 is 0 Å². The van der Waals surface area contributed by atoms with E-state index >= 15 is 0 Å². The van der Waals surface area contributed by atoms with Crippen LogP contribution in [-0.2, 0) is 13.1 Å². The molecular weight excluding hydrogens is 342 g/mol. The Balaban J connectivity index is 1.81. The van der Waals surface area contributed by atoms with E-state index in [0.717, 1.165) is 23.3 Å². The molecule has 0 aliphatic heterocycles. The molecule has 0 atom stereocenters. The molecule has 0 spiro atoms. The van der Waals surface area contributed by atoms with E-state index in [1.54, 1.807) is 6.20 Å². The van der Waals surface area contributed by atoms with Crippen LogP contribution in [0.25, 0.3) is 0 Å². The van der Waals surface area contributed by atoms with Crippen LogP contribution in [-0.4, -0.2) is 24.2 Å². The molecule has 1 heterocycles. The first kappa shape index (κ1) is 20.6. The zero-order chi connectivity index (χ0) is 19.5. The van der Waals surface area contributed by atoms with Gasteiger partial charge in [-0.15, -0.1) is 0 Å². The third-order valence-corrected chi connectivity index (χ3v) is 3.67. The molecule has 1 aromatic carbocycles. The number of nitrogens with one attached hydrogen (secondary N) is 2. The van der Waals surface area contributed by atoms with E-state index in [9.17, 15) is 4.79 Å². The monoisotopic (exact) mass is 371 g/mol. The number of hydrogen-bond donors (Lipinski definition) is 2. The van der Waals surface area contributed by atoms with Gasteiger partial charge < -0.3 is 20.1 Å². The van der Waals surface area contributed by atoms with E-state index in [2.05, 4.69) is 29.5 Å². The van der Waals surface area contributed by atoms with E-state index in [1.165, 1.54) is 0 Å². The van der Waals surface area contributed by atoms with Gasteiger partial charge in [0.1, 0.15) is 5.75 Å². The number of rotatable bonds is 10. The summed E-state index contributed by atoms with van der Waals surface area (Å²) in [6.45, 7) is 8.31. The van der Waals surface area contributed by atoms with Crippen molar-refractivity contribution in [2.24, 2.45) is 5.92 Å². The van der Waals surface area contributed by atoms with Crippen molar-refractivity contribution in [3.8, 4) is 11.6 Å². The number of nitrogens with zero attached hydrogens (tertiary/aromatic N) is 1. The average molecular weight is 371 g/mol. The fourth-order valence-electron chi connectivity index (χ4n) is 2.32. The maximum Gasteiger partial charge on any atom is 0.315 e. The van der Waals surface area contributed by atoms with Gasteiger partial charge in [0.05, 0.1) is 13.2 Å². The number of amides is 2. The summed E-state index contributed by atoms with van der Waals surface area (Å²) in [6.07, 6.45) is 2.59. The highest BCUT2D eigenvalue weighted by Crippen LogP contribution is 2.15. The Hall–Kier alpha value is -2.76. The van der Waals surface area contributed by atoms with Crippen LogP contribution in [0.4, 0.5) is 4.79 Å². The molecule has 0 saturated heterocycles. The maximum absolute atomic E-state index is 12.1. The van der Waals surface area contributed by atoms with Crippen LogP contribution < -0.4 is 20.1 Å². The van der Waals surface area contributed by atoms with Crippen LogP contribution in [0.1, 0.15) is 38.3 Å². The molecule has 0 saturated carbocycles. The van der Waals surface area contributed by atoms with E-state index in [1.807, 2.05) is 43.3 Å². The Morgan fingerprint density at radius 3 is 2.70 bits per heavy atom. The lowest BCUT2D eigenvalue weighted by Gasteiger charge is -2.12. The molecule has 6 heteroatoms. The number of ether oxygens (including phenoxy) is 2. The summed E-state index contributed by atoms with van der Waals surface area (Å²) < 4.78 is 11.3.